The highest BCUT2D eigenvalue weighted by molar-refractivity contribution is 7.89. The van der Waals surface area contributed by atoms with Gasteiger partial charge in [-0.2, -0.15) is 4.31 Å². The van der Waals surface area contributed by atoms with Gasteiger partial charge in [0.1, 0.15) is 6.04 Å². The molecule has 0 unspecified atom stereocenters. The van der Waals surface area contributed by atoms with Gasteiger partial charge < -0.3 is 10.2 Å². The van der Waals surface area contributed by atoms with Crippen molar-refractivity contribution in [3.8, 4) is 0 Å². The fourth-order valence-corrected chi connectivity index (χ4v) is 4.48. The number of hydrogen-bond donors (Lipinski definition) is 1. The monoisotopic (exact) mass is 479 g/mol. The van der Waals surface area contributed by atoms with E-state index in [9.17, 15) is 18.0 Å². The normalized spacial score (nSPS) is 12.6. The molecule has 0 bridgehead atoms. The van der Waals surface area contributed by atoms with Gasteiger partial charge in [0.2, 0.25) is 21.8 Å². The Hall–Kier alpha value is -2.42. The van der Waals surface area contributed by atoms with E-state index in [1.54, 1.807) is 0 Å². The quantitative estimate of drug-likeness (QED) is 0.566. The van der Waals surface area contributed by atoms with Gasteiger partial charge in [0.15, 0.2) is 0 Å². The van der Waals surface area contributed by atoms with E-state index in [0.29, 0.717) is 11.4 Å². The number of benzene rings is 2. The molecule has 174 valence electrons. The van der Waals surface area contributed by atoms with Crippen molar-refractivity contribution in [3.05, 3.63) is 65.2 Å². The minimum absolute atomic E-state index is 0.0383. The van der Waals surface area contributed by atoms with Crippen LogP contribution in [0, 0.1) is 0 Å². The number of likely N-dealkylation sites (N-methyl/N-ethyl adjacent to an activating group) is 1. The Morgan fingerprint density at radius 2 is 1.62 bits per heavy atom. The molecule has 0 aliphatic heterocycles. The van der Waals surface area contributed by atoms with Crippen molar-refractivity contribution < 1.29 is 18.0 Å². The van der Waals surface area contributed by atoms with Crippen LogP contribution in [0.1, 0.15) is 32.8 Å². The third-order valence-corrected chi connectivity index (χ3v) is 6.96. The molecule has 2 rings (SSSR count). The number of sulfonamides is 1. The summed E-state index contributed by atoms with van der Waals surface area (Å²) in [5.74, 6) is -0.727. The zero-order valence-corrected chi connectivity index (χ0v) is 20.4. The van der Waals surface area contributed by atoms with Crippen molar-refractivity contribution in [2.75, 3.05) is 13.6 Å². The molecular weight excluding hydrogens is 450 g/mol. The van der Waals surface area contributed by atoms with Gasteiger partial charge in [0, 0.05) is 24.7 Å². The molecule has 0 saturated carbocycles. The molecule has 7 nitrogen and oxygen atoms in total. The second-order valence-corrected chi connectivity index (χ2v) is 10.3. The molecule has 1 atom stereocenters. The first-order chi connectivity index (χ1) is 15.1. The van der Waals surface area contributed by atoms with E-state index >= 15 is 0 Å². The van der Waals surface area contributed by atoms with Crippen LogP contribution in [0.2, 0.25) is 5.02 Å². The van der Waals surface area contributed by atoms with Gasteiger partial charge in [-0.3, -0.25) is 9.59 Å². The highest BCUT2D eigenvalue weighted by Crippen LogP contribution is 2.19. The van der Waals surface area contributed by atoms with Gasteiger partial charge in [-0.15, -0.1) is 0 Å². The molecule has 0 heterocycles. The predicted molar refractivity (Wildman–Crippen MR) is 126 cm³/mol. The molecule has 2 aromatic rings. The van der Waals surface area contributed by atoms with Crippen molar-refractivity contribution in [2.45, 2.75) is 50.7 Å². The Labute approximate surface area is 195 Å². The maximum Gasteiger partial charge on any atom is 0.243 e. The van der Waals surface area contributed by atoms with Crippen LogP contribution in [0.5, 0.6) is 0 Å². The van der Waals surface area contributed by atoms with Crippen molar-refractivity contribution in [3.63, 3.8) is 0 Å². The number of nitrogens with zero attached hydrogens (tertiary/aromatic N) is 2. The van der Waals surface area contributed by atoms with Crippen molar-refractivity contribution in [1.82, 2.24) is 14.5 Å². The molecule has 9 heteroatoms. The lowest BCUT2D eigenvalue weighted by molar-refractivity contribution is -0.141. The number of carbonyl (C=O) groups excluding carboxylic acids is 2. The first-order valence-electron chi connectivity index (χ1n) is 10.4. The summed E-state index contributed by atoms with van der Waals surface area (Å²) >= 11 is 5.85. The van der Waals surface area contributed by atoms with E-state index in [2.05, 4.69) is 5.32 Å². The van der Waals surface area contributed by atoms with E-state index in [4.69, 9.17) is 11.6 Å². The Morgan fingerprint density at radius 1 is 1.03 bits per heavy atom. The summed E-state index contributed by atoms with van der Waals surface area (Å²) in [6.45, 7) is 5.31. The Bertz CT molecular complexity index is 1010. The SMILES string of the molecule is CC[C@@H](C(=O)NC(C)C)N(Cc1ccccc1)C(=O)CN(C)S(=O)(=O)c1ccc(Cl)cc1. The molecule has 32 heavy (non-hydrogen) atoms. The van der Waals surface area contributed by atoms with Gasteiger partial charge in [-0.1, -0.05) is 48.9 Å². The van der Waals surface area contributed by atoms with Crippen LogP contribution < -0.4 is 5.32 Å². The van der Waals surface area contributed by atoms with Crippen LogP contribution in [0.15, 0.2) is 59.5 Å². The summed E-state index contributed by atoms with van der Waals surface area (Å²) in [6.07, 6.45) is 0.394. The largest absolute Gasteiger partial charge is 0.352 e. The number of amides is 2. The number of hydrogen-bond acceptors (Lipinski definition) is 4. The summed E-state index contributed by atoms with van der Waals surface area (Å²) < 4.78 is 26.8. The van der Waals surface area contributed by atoms with Crippen LogP contribution in [-0.2, 0) is 26.2 Å². The smallest absolute Gasteiger partial charge is 0.243 e. The van der Waals surface area contributed by atoms with Crippen molar-refractivity contribution in [2.24, 2.45) is 0 Å². The second-order valence-electron chi connectivity index (χ2n) is 7.81. The average molecular weight is 480 g/mol. The molecule has 0 fully saturated rings. The molecule has 0 radical (unpaired) electrons. The topological polar surface area (TPSA) is 86.8 Å². The van der Waals surface area contributed by atoms with Crippen LogP contribution >= 0.6 is 11.6 Å². The van der Waals surface area contributed by atoms with E-state index < -0.39 is 28.5 Å². The first kappa shape index (κ1) is 25.8. The maximum absolute atomic E-state index is 13.3. The molecule has 0 spiro atoms. The molecular formula is C23H30ClN3O4S. The van der Waals surface area contributed by atoms with Gasteiger partial charge in [0.05, 0.1) is 11.4 Å². The van der Waals surface area contributed by atoms with Crippen molar-refractivity contribution in [1.29, 1.82) is 0 Å². The van der Waals surface area contributed by atoms with Crippen LogP contribution in [-0.4, -0.2) is 55.1 Å². The number of carbonyl (C=O) groups is 2. The van der Waals surface area contributed by atoms with Crippen LogP contribution in [0.25, 0.3) is 0 Å². The summed E-state index contributed by atoms with van der Waals surface area (Å²) in [7, 11) is -2.56. The third kappa shape index (κ3) is 6.79. The number of rotatable bonds is 10. The van der Waals surface area contributed by atoms with Gasteiger partial charge >= 0.3 is 0 Å². The molecule has 0 aromatic heterocycles. The minimum atomic E-state index is -3.90. The Kier molecular flexibility index (Phi) is 9.24. The average Bonchev–Trinajstić information content (AvgIpc) is 2.74. The summed E-state index contributed by atoms with van der Waals surface area (Å²) in [6, 6.07) is 14.2. The molecule has 0 aliphatic rings. The van der Waals surface area contributed by atoms with E-state index in [-0.39, 0.29) is 23.4 Å². The van der Waals surface area contributed by atoms with Gasteiger partial charge in [0.25, 0.3) is 0 Å². The molecule has 2 aromatic carbocycles. The minimum Gasteiger partial charge on any atom is -0.352 e. The molecule has 0 aliphatic carbocycles. The lowest BCUT2D eigenvalue weighted by Crippen LogP contribution is -2.52. The maximum atomic E-state index is 13.3. The van der Waals surface area contributed by atoms with Gasteiger partial charge in [-0.25, -0.2) is 8.42 Å². The Morgan fingerprint density at radius 3 is 2.16 bits per heavy atom. The zero-order chi connectivity index (χ0) is 23.9. The zero-order valence-electron chi connectivity index (χ0n) is 18.8. The van der Waals surface area contributed by atoms with Gasteiger partial charge in [-0.05, 0) is 50.1 Å². The van der Waals surface area contributed by atoms with Crippen LogP contribution in [0.4, 0.5) is 0 Å². The molecule has 0 saturated heterocycles. The lowest BCUT2D eigenvalue weighted by Gasteiger charge is -2.32. The van der Waals surface area contributed by atoms with Crippen molar-refractivity contribution >= 4 is 33.4 Å². The second kappa shape index (κ2) is 11.4. The summed E-state index contributed by atoms with van der Waals surface area (Å²) in [5.41, 5.74) is 0.847. The fraction of sp³-hybridized carbons (Fsp3) is 0.391. The number of halogens is 1. The fourth-order valence-electron chi connectivity index (χ4n) is 3.23. The molecule has 2 amide bonds. The summed E-state index contributed by atoms with van der Waals surface area (Å²) in [5, 5.41) is 3.27. The molecule has 1 N–H and O–H groups in total. The highest BCUT2D eigenvalue weighted by Gasteiger charge is 2.31. The Balaban J connectivity index is 2.29. The van der Waals surface area contributed by atoms with E-state index in [0.717, 1.165) is 9.87 Å². The first-order valence-corrected chi connectivity index (χ1v) is 12.2. The standard InChI is InChI=1S/C23H30ClN3O4S/c1-5-21(23(29)25-17(2)3)27(15-18-9-7-6-8-10-18)22(28)16-26(4)32(30,31)20-13-11-19(24)12-14-20/h6-14,17,21H,5,15-16H2,1-4H3,(H,25,29)/t21-/m0/s1. The van der Waals surface area contributed by atoms with E-state index in [1.165, 1.54) is 36.2 Å². The highest BCUT2D eigenvalue weighted by atomic mass is 35.5. The number of nitrogens with one attached hydrogen (secondary N) is 1. The third-order valence-electron chi connectivity index (χ3n) is 4.89. The summed E-state index contributed by atoms with van der Waals surface area (Å²) in [4.78, 5) is 27.6. The van der Waals surface area contributed by atoms with E-state index in [1.807, 2.05) is 51.1 Å². The predicted octanol–water partition coefficient (Wildman–Crippen LogP) is 3.29. The van der Waals surface area contributed by atoms with Crippen LogP contribution in [0.3, 0.4) is 0 Å². The lowest BCUT2D eigenvalue weighted by atomic mass is 10.1.